The summed E-state index contributed by atoms with van der Waals surface area (Å²) in [6.07, 6.45) is 8.90. The topological polar surface area (TPSA) is 29.5 Å². The molecule has 0 bridgehead atoms. The average Bonchev–Trinajstić information content (AvgIpc) is 2.82. The van der Waals surface area contributed by atoms with E-state index in [4.69, 9.17) is 4.74 Å². The van der Waals surface area contributed by atoms with Crippen molar-refractivity contribution >= 4 is 0 Å². The zero-order valence-corrected chi connectivity index (χ0v) is 12.4. The lowest BCUT2D eigenvalue weighted by Crippen LogP contribution is -2.41. The molecule has 2 fully saturated rings. The summed E-state index contributed by atoms with van der Waals surface area (Å²) in [5.74, 6) is 0.839. The van der Waals surface area contributed by atoms with Crippen LogP contribution in [0.5, 0.6) is 0 Å². The van der Waals surface area contributed by atoms with Gasteiger partial charge in [-0.25, -0.2) is 0 Å². The predicted molar refractivity (Wildman–Crippen MR) is 74.5 cm³/mol. The molecule has 0 radical (unpaired) electrons. The Bertz CT molecular complexity index is 253. The van der Waals surface area contributed by atoms with E-state index in [1.165, 1.54) is 38.5 Å². The van der Waals surface area contributed by atoms with Crippen molar-refractivity contribution in [2.75, 3.05) is 13.2 Å². The molecule has 0 aromatic carbocycles. The van der Waals surface area contributed by atoms with Gasteiger partial charge >= 0.3 is 0 Å². The standard InChI is InChI=1S/C16H30O2/c1-15(2,3)13-6-8-16(9-7-13,10-11-17)14-5-4-12-18-14/h13-14,17H,4-12H2,1-3H3. The Hall–Kier alpha value is -0.0800. The summed E-state index contributed by atoms with van der Waals surface area (Å²) in [6.45, 7) is 8.34. The van der Waals surface area contributed by atoms with Crippen LogP contribution in [0.15, 0.2) is 0 Å². The van der Waals surface area contributed by atoms with Crippen molar-refractivity contribution in [3.8, 4) is 0 Å². The molecule has 18 heavy (non-hydrogen) atoms. The third-order valence-electron chi connectivity index (χ3n) is 5.43. The molecule has 2 rings (SSSR count). The zero-order chi connectivity index (χ0) is 13.2. The maximum atomic E-state index is 9.41. The van der Waals surface area contributed by atoms with Crippen LogP contribution in [-0.4, -0.2) is 24.4 Å². The molecule has 1 N–H and O–H groups in total. The Morgan fingerprint density at radius 3 is 2.28 bits per heavy atom. The maximum Gasteiger partial charge on any atom is 0.0633 e. The van der Waals surface area contributed by atoms with Gasteiger partial charge in [-0.15, -0.1) is 0 Å². The highest BCUT2D eigenvalue weighted by Crippen LogP contribution is 2.51. The van der Waals surface area contributed by atoms with Gasteiger partial charge in [0.15, 0.2) is 0 Å². The summed E-state index contributed by atoms with van der Waals surface area (Å²) >= 11 is 0. The van der Waals surface area contributed by atoms with Gasteiger partial charge in [0, 0.05) is 13.2 Å². The van der Waals surface area contributed by atoms with Gasteiger partial charge in [-0.05, 0) is 61.7 Å². The molecule has 0 amide bonds. The molecule has 1 atom stereocenters. The van der Waals surface area contributed by atoms with Crippen LogP contribution >= 0.6 is 0 Å². The summed E-state index contributed by atoms with van der Waals surface area (Å²) in [5.41, 5.74) is 0.717. The fraction of sp³-hybridized carbons (Fsp3) is 1.00. The quantitative estimate of drug-likeness (QED) is 0.830. The van der Waals surface area contributed by atoms with Gasteiger partial charge in [0.05, 0.1) is 6.10 Å². The van der Waals surface area contributed by atoms with Crippen molar-refractivity contribution in [1.82, 2.24) is 0 Å². The first-order chi connectivity index (χ1) is 8.48. The Morgan fingerprint density at radius 2 is 1.83 bits per heavy atom. The van der Waals surface area contributed by atoms with Crippen LogP contribution in [0.4, 0.5) is 0 Å². The SMILES string of the molecule is CC(C)(C)C1CCC(CCO)(C2CCCO2)CC1. The number of aliphatic hydroxyl groups is 1. The van der Waals surface area contributed by atoms with E-state index in [0.29, 0.717) is 18.1 Å². The lowest BCUT2D eigenvalue weighted by atomic mass is 9.61. The molecule has 2 heteroatoms. The lowest BCUT2D eigenvalue weighted by molar-refractivity contribution is -0.0543. The van der Waals surface area contributed by atoms with Crippen LogP contribution in [0.2, 0.25) is 0 Å². The van der Waals surface area contributed by atoms with Gasteiger partial charge in [0.1, 0.15) is 0 Å². The van der Waals surface area contributed by atoms with Gasteiger partial charge in [-0.2, -0.15) is 0 Å². The highest BCUT2D eigenvalue weighted by Gasteiger charge is 2.44. The Labute approximate surface area is 112 Å². The van der Waals surface area contributed by atoms with Crippen LogP contribution < -0.4 is 0 Å². The molecule has 1 saturated heterocycles. The van der Waals surface area contributed by atoms with Crippen LogP contribution in [0.1, 0.15) is 65.7 Å². The van der Waals surface area contributed by atoms with Gasteiger partial charge in [-0.3, -0.25) is 0 Å². The van der Waals surface area contributed by atoms with E-state index in [9.17, 15) is 5.11 Å². The highest BCUT2D eigenvalue weighted by atomic mass is 16.5. The second-order valence-corrected chi connectivity index (χ2v) is 7.48. The average molecular weight is 254 g/mol. The number of hydrogen-bond acceptors (Lipinski definition) is 2. The largest absolute Gasteiger partial charge is 0.396 e. The molecule has 1 saturated carbocycles. The monoisotopic (exact) mass is 254 g/mol. The zero-order valence-electron chi connectivity index (χ0n) is 12.4. The number of ether oxygens (including phenoxy) is 1. The second-order valence-electron chi connectivity index (χ2n) is 7.48. The minimum absolute atomic E-state index is 0.285. The summed E-state index contributed by atoms with van der Waals surface area (Å²) in [6, 6.07) is 0. The number of aliphatic hydroxyl groups excluding tert-OH is 1. The van der Waals surface area contributed by atoms with Crippen molar-refractivity contribution < 1.29 is 9.84 Å². The Morgan fingerprint density at radius 1 is 1.17 bits per heavy atom. The van der Waals surface area contributed by atoms with Crippen molar-refractivity contribution in [3.05, 3.63) is 0 Å². The molecule has 0 aromatic rings. The van der Waals surface area contributed by atoms with Crippen molar-refractivity contribution in [3.63, 3.8) is 0 Å². The molecular weight excluding hydrogens is 224 g/mol. The molecule has 1 unspecified atom stereocenters. The van der Waals surface area contributed by atoms with Crippen molar-refractivity contribution in [2.45, 2.75) is 71.8 Å². The number of hydrogen-bond donors (Lipinski definition) is 1. The molecule has 1 aliphatic heterocycles. The third kappa shape index (κ3) is 2.91. The first-order valence-electron chi connectivity index (χ1n) is 7.70. The fourth-order valence-corrected chi connectivity index (χ4v) is 4.07. The van der Waals surface area contributed by atoms with E-state index in [1.54, 1.807) is 0 Å². The molecule has 1 aliphatic carbocycles. The van der Waals surface area contributed by atoms with Crippen LogP contribution in [0, 0.1) is 16.7 Å². The predicted octanol–water partition coefficient (Wildman–Crippen LogP) is 3.77. The van der Waals surface area contributed by atoms with Gasteiger partial charge < -0.3 is 9.84 Å². The van der Waals surface area contributed by atoms with Gasteiger partial charge in [0.2, 0.25) is 0 Å². The van der Waals surface area contributed by atoms with Gasteiger partial charge in [-0.1, -0.05) is 20.8 Å². The van der Waals surface area contributed by atoms with Crippen LogP contribution in [0.25, 0.3) is 0 Å². The van der Waals surface area contributed by atoms with E-state index in [1.807, 2.05) is 0 Å². The van der Waals surface area contributed by atoms with E-state index >= 15 is 0 Å². The van der Waals surface area contributed by atoms with Crippen molar-refractivity contribution in [1.29, 1.82) is 0 Å². The normalized spacial score (nSPS) is 38.0. The van der Waals surface area contributed by atoms with E-state index < -0.39 is 0 Å². The van der Waals surface area contributed by atoms with Crippen molar-refractivity contribution in [2.24, 2.45) is 16.7 Å². The van der Waals surface area contributed by atoms with Gasteiger partial charge in [0.25, 0.3) is 0 Å². The maximum absolute atomic E-state index is 9.41. The first kappa shape index (κ1) is 14.3. The van der Waals surface area contributed by atoms with E-state index in [2.05, 4.69) is 20.8 Å². The molecular formula is C16H30O2. The highest BCUT2D eigenvalue weighted by molar-refractivity contribution is 4.95. The Balaban J connectivity index is 2.01. The molecule has 1 heterocycles. The summed E-state index contributed by atoms with van der Waals surface area (Å²) in [7, 11) is 0. The minimum atomic E-state index is 0.285. The summed E-state index contributed by atoms with van der Waals surface area (Å²) in [4.78, 5) is 0. The Kier molecular flexibility index (Phi) is 4.38. The second kappa shape index (κ2) is 5.50. The molecule has 0 spiro atoms. The number of rotatable bonds is 3. The van der Waals surface area contributed by atoms with E-state index in [0.717, 1.165) is 18.9 Å². The lowest BCUT2D eigenvalue weighted by Gasteiger charge is -2.46. The molecule has 2 nitrogen and oxygen atoms in total. The van der Waals surface area contributed by atoms with Crippen LogP contribution in [-0.2, 0) is 4.74 Å². The first-order valence-corrected chi connectivity index (χ1v) is 7.70. The summed E-state index contributed by atoms with van der Waals surface area (Å²) in [5, 5.41) is 9.41. The minimum Gasteiger partial charge on any atom is -0.396 e. The molecule has 2 aliphatic rings. The molecule has 0 aromatic heterocycles. The van der Waals surface area contributed by atoms with E-state index in [-0.39, 0.29) is 5.41 Å². The molecule has 106 valence electrons. The smallest absolute Gasteiger partial charge is 0.0633 e. The fourth-order valence-electron chi connectivity index (χ4n) is 4.07. The summed E-state index contributed by atoms with van der Waals surface area (Å²) < 4.78 is 5.96. The van der Waals surface area contributed by atoms with Crippen LogP contribution in [0.3, 0.4) is 0 Å². The third-order valence-corrected chi connectivity index (χ3v) is 5.43.